The van der Waals surface area contributed by atoms with Gasteiger partial charge in [-0.3, -0.25) is 9.59 Å². The molecule has 0 fully saturated rings. The van der Waals surface area contributed by atoms with E-state index in [1.165, 1.54) is 6.92 Å². The Labute approximate surface area is 83.4 Å². The van der Waals surface area contributed by atoms with Crippen molar-refractivity contribution in [1.29, 1.82) is 0 Å². The van der Waals surface area contributed by atoms with Crippen molar-refractivity contribution in [2.45, 2.75) is 26.9 Å². The minimum Gasteiger partial charge on any atom is -0.481 e. The Kier molecular flexibility index (Phi) is 5.87. The number of carbonyl (C=O) groups is 2. The summed E-state index contributed by atoms with van der Waals surface area (Å²) < 4.78 is 5.17. The Morgan fingerprint density at radius 3 is 2.43 bits per heavy atom. The summed E-state index contributed by atoms with van der Waals surface area (Å²) in [6, 6.07) is 0. The highest BCUT2D eigenvalue weighted by Crippen LogP contribution is 1.95. The zero-order chi connectivity index (χ0) is 11.1. The number of carboxylic acid groups (broad SMARTS) is 1. The van der Waals surface area contributed by atoms with Gasteiger partial charge in [0.25, 0.3) is 0 Å². The molecule has 82 valence electrons. The van der Waals surface area contributed by atoms with Gasteiger partial charge in [-0.2, -0.15) is 0 Å². The number of aliphatic carboxylic acids is 1. The van der Waals surface area contributed by atoms with E-state index in [0.29, 0.717) is 13.2 Å². The molecule has 0 aromatic heterocycles. The van der Waals surface area contributed by atoms with E-state index in [1.54, 1.807) is 0 Å². The van der Waals surface area contributed by atoms with Gasteiger partial charge in [-0.1, -0.05) is 0 Å². The van der Waals surface area contributed by atoms with E-state index in [1.807, 2.05) is 13.8 Å². The molecule has 1 amide bonds. The summed E-state index contributed by atoms with van der Waals surface area (Å²) in [4.78, 5) is 21.6. The number of hydrogen-bond donors (Lipinski definition) is 2. The van der Waals surface area contributed by atoms with Crippen molar-refractivity contribution >= 4 is 11.9 Å². The average molecular weight is 203 g/mol. The van der Waals surface area contributed by atoms with Crippen LogP contribution in [0.25, 0.3) is 0 Å². The number of rotatable bonds is 6. The summed E-state index contributed by atoms with van der Waals surface area (Å²) in [7, 11) is 0. The van der Waals surface area contributed by atoms with Crippen LogP contribution in [-0.2, 0) is 14.3 Å². The summed E-state index contributed by atoms with van der Waals surface area (Å²) in [5.74, 6) is -2.61. The van der Waals surface area contributed by atoms with Crippen molar-refractivity contribution in [2.24, 2.45) is 5.92 Å². The van der Waals surface area contributed by atoms with Crippen molar-refractivity contribution in [3.8, 4) is 0 Å². The fraction of sp³-hybridized carbons (Fsp3) is 0.778. The van der Waals surface area contributed by atoms with Crippen LogP contribution in [0.3, 0.4) is 0 Å². The Bertz CT molecular complexity index is 205. The molecule has 5 nitrogen and oxygen atoms in total. The van der Waals surface area contributed by atoms with Crippen LogP contribution in [0.2, 0.25) is 0 Å². The zero-order valence-corrected chi connectivity index (χ0v) is 8.74. The smallest absolute Gasteiger partial charge is 0.315 e. The Hall–Kier alpha value is -1.10. The Morgan fingerprint density at radius 2 is 2.00 bits per heavy atom. The number of ether oxygens (including phenoxy) is 1. The lowest BCUT2D eigenvalue weighted by Gasteiger charge is -2.13. The number of hydrogen-bond acceptors (Lipinski definition) is 3. The highest BCUT2D eigenvalue weighted by atomic mass is 16.5. The Balaban J connectivity index is 3.79. The highest BCUT2D eigenvalue weighted by molar-refractivity contribution is 5.96. The molecule has 2 N–H and O–H groups in total. The zero-order valence-electron chi connectivity index (χ0n) is 8.74. The van der Waals surface area contributed by atoms with Gasteiger partial charge in [0, 0.05) is 13.2 Å². The molecule has 0 spiro atoms. The third-order valence-corrected chi connectivity index (χ3v) is 1.78. The molecule has 0 saturated carbocycles. The second-order valence-electron chi connectivity index (χ2n) is 3.07. The molecule has 0 bridgehead atoms. The lowest BCUT2D eigenvalue weighted by atomic mass is 10.1. The minimum atomic E-state index is -1.12. The van der Waals surface area contributed by atoms with Gasteiger partial charge >= 0.3 is 5.97 Å². The van der Waals surface area contributed by atoms with Crippen LogP contribution in [0.15, 0.2) is 0 Å². The van der Waals surface area contributed by atoms with Crippen LogP contribution >= 0.6 is 0 Å². The molecule has 0 aromatic rings. The Morgan fingerprint density at radius 1 is 1.43 bits per heavy atom. The molecule has 0 aromatic carbocycles. The predicted molar refractivity (Wildman–Crippen MR) is 50.9 cm³/mol. The van der Waals surface area contributed by atoms with E-state index in [-0.39, 0.29) is 6.10 Å². The van der Waals surface area contributed by atoms with Crippen LogP contribution in [0.4, 0.5) is 0 Å². The first-order chi connectivity index (χ1) is 6.49. The largest absolute Gasteiger partial charge is 0.481 e. The van der Waals surface area contributed by atoms with Crippen molar-refractivity contribution < 1.29 is 19.4 Å². The van der Waals surface area contributed by atoms with Crippen LogP contribution in [-0.4, -0.2) is 36.2 Å². The lowest BCUT2D eigenvalue weighted by molar-refractivity contribution is -0.146. The summed E-state index contributed by atoms with van der Waals surface area (Å²) in [5.41, 5.74) is 0. The van der Waals surface area contributed by atoms with Gasteiger partial charge in [0.05, 0.1) is 6.10 Å². The van der Waals surface area contributed by atoms with Crippen LogP contribution in [0, 0.1) is 5.92 Å². The normalized spacial score (nSPS) is 14.5. The molecule has 0 saturated heterocycles. The van der Waals surface area contributed by atoms with Crippen molar-refractivity contribution in [3.05, 3.63) is 0 Å². The number of amides is 1. The standard InChI is InChI=1S/C9H17NO4/c1-4-14-6(2)5-10-8(11)7(3)9(12)13/h6-7H,4-5H2,1-3H3,(H,10,11)(H,12,13). The molecule has 0 radical (unpaired) electrons. The van der Waals surface area contributed by atoms with Gasteiger partial charge < -0.3 is 15.2 Å². The number of nitrogens with one attached hydrogen (secondary N) is 1. The predicted octanol–water partition coefficient (Wildman–Crippen LogP) is 0.248. The summed E-state index contributed by atoms with van der Waals surface area (Å²) >= 11 is 0. The van der Waals surface area contributed by atoms with Crippen LogP contribution in [0.1, 0.15) is 20.8 Å². The topological polar surface area (TPSA) is 75.6 Å². The van der Waals surface area contributed by atoms with Crippen molar-refractivity contribution in [1.82, 2.24) is 5.32 Å². The van der Waals surface area contributed by atoms with Crippen LogP contribution in [0.5, 0.6) is 0 Å². The first kappa shape index (κ1) is 12.9. The van der Waals surface area contributed by atoms with Crippen LogP contribution < -0.4 is 5.32 Å². The van der Waals surface area contributed by atoms with Gasteiger partial charge in [-0.25, -0.2) is 0 Å². The first-order valence-electron chi connectivity index (χ1n) is 4.61. The molecular weight excluding hydrogens is 186 g/mol. The minimum absolute atomic E-state index is 0.0926. The van der Waals surface area contributed by atoms with E-state index in [2.05, 4.69) is 5.32 Å². The van der Waals surface area contributed by atoms with E-state index in [9.17, 15) is 9.59 Å². The molecule has 14 heavy (non-hydrogen) atoms. The molecule has 2 unspecified atom stereocenters. The number of carbonyl (C=O) groups excluding carboxylic acids is 1. The van der Waals surface area contributed by atoms with Gasteiger partial charge in [0.2, 0.25) is 5.91 Å². The van der Waals surface area contributed by atoms with E-state index < -0.39 is 17.8 Å². The highest BCUT2D eigenvalue weighted by Gasteiger charge is 2.20. The van der Waals surface area contributed by atoms with E-state index in [0.717, 1.165) is 0 Å². The van der Waals surface area contributed by atoms with Gasteiger partial charge in [-0.15, -0.1) is 0 Å². The molecule has 0 heterocycles. The quantitative estimate of drug-likeness (QED) is 0.607. The third-order valence-electron chi connectivity index (χ3n) is 1.78. The van der Waals surface area contributed by atoms with Crippen molar-refractivity contribution in [3.63, 3.8) is 0 Å². The molecule has 2 atom stereocenters. The molecule has 5 heteroatoms. The molecule has 0 aliphatic heterocycles. The van der Waals surface area contributed by atoms with Gasteiger partial charge in [0.15, 0.2) is 0 Å². The second kappa shape index (κ2) is 6.37. The summed E-state index contributed by atoms with van der Waals surface area (Å²) in [6.07, 6.45) is -0.0926. The fourth-order valence-corrected chi connectivity index (χ4v) is 0.853. The van der Waals surface area contributed by atoms with Crippen molar-refractivity contribution in [2.75, 3.05) is 13.2 Å². The molecular formula is C9H17NO4. The number of carboxylic acids is 1. The fourth-order valence-electron chi connectivity index (χ4n) is 0.853. The maximum absolute atomic E-state index is 11.1. The van der Waals surface area contributed by atoms with Gasteiger partial charge in [-0.05, 0) is 20.8 Å². The monoisotopic (exact) mass is 203 g/mol. The summed E-state index contributed by atoms with van der Waals surface area (Å²) in [6.45, 7) is 5.94. The molecule has 0 aliphatic carbocycles. The first-order valence-corrected chi connectivity index (χ1v) is 4.61. The van der Waals surface area contributed by atoms with Gasteiger partial charge in [0.1, 0.15) is 5.92 Å². The second-order valence-corrected chi connectivity index (χ2v) is 3.07. The molecule has 0 aliphatic rings. The van der Waals surface area contributed by atoms with E-state index in [4.69, 9.17) is 9.84 Å². The average Bonchev–Trinajstić information content (AvgIpc) is 2.13. The maximum atomic E-state index is 11.1. The van der Waals surface area contributed by atoms with E-state index >= 15 is 0 Å². The third kappa shape index (κ3) is 4.81. The molecule has 0 rings (SSSR count). The lowest BCUT2D eigenvalue weighted by Crippen LogP contribution is -2.38. The maximum Gasteiger partial charge on any atom is 0.315 e. The SMILES string of the molecule is CCOC(C)CNC(=O)C(C)C(=O)O. The summed E-state index contributed by atoms with van der Waals surface area (Å²) in [5, 5.41) is 11.0.